The zero-order valence-electron chi connectivity index (χ0n) is 11.2. The highest BCUT2D eigenvalue weighted by atomic mass is 19.4. The van der Waals surface area contributed by atoms with Gasteiger partial charge in [-0.15, -0.1) is 0 Å². The molecule has 2 aromatic carbocycles. The Morgan fingerprint density at radius 2 is 1.71 bits per heavy atom. The van der Waals surface area contributed by atoms with E-state index in [0.717, 1.165) is 18.2 Å². The number of carbonyl (C=O) groups excluding carboxylic acids is 1. The van der Waals surface area contributed by atoms with Gasteiger partial charge < -0.3 is 10.6 Å². The lowest BCUT2D eigenvalue weighted by molar-refractivity contribution is -0.137. The van der Waals surface area contributed by atoms with Crippen LogP contribution in [0, 0.1) is 0 Å². The van der Waals surface area contributed by atoms with Crippen LogP contribution in [0.3, 0.4) is 0 Å². The maximum absolute atomic E-state index is 12.6. The second kappa shape index (κ2) is 5.47. The Morgan fingerprint density at radius 1 is 1.10 bits per heavy atom. The van der Waals surface area contributed by atoms with Crippen LogP contribution in [0.15, 0.2) is 48.5 Å². The van der Waals surface area contributed by atoms with Crippen molar-refractivity contribution >= 4 is 17.3 Å². The Labute approximate surface area is 119 Å². The van der Waals surface area contributed by atoms with Crippen molar-refractivity contribution < 1.29 is 18.0 Å². The van der Waals surface area contributed by atoms with E-state index < -0.39 is 17.6 Å². The predicted molar refractivity (Wildman–Crippen MR) is 75.0 cm³/mol. The molecule has 3 nitrogen and oxygen atoms in total. The lowest BCUT2D eigenvalue weighted by atomic mass is 10.1. The summed E-state index contributed by atoms with van der Waals surface area (Å²) in [4.78, 5) is 13.6. The van der Waals surface area contributed by atoms with E-state index in [1.165, 1.54) is 11.9 Å². The van der Waals surface area contributed by atoms with Crippen molar-refractivity contribution in [3.8, 4) is 0 Å². The van der Waals surface area contributed by atoms with Crippen molar-refractivity contribution in [1.82, 2.24) is 0 Å². The van der Waals surface area contributed by atoms with Crippen LogP contribution in [0.25, 0.3) is 0 Å². The zero-order chi connectivity index (χ0) is 15.6. The number of alkyl halides is 3. The number of amides is 1. The second-order valence-electron chi connectivity index (χ2n) is 4.50. The van der Waals surface area contributed by atoms with Crippen LogP contribution in [0.5, 0.6) is 0 Å². The first kappa shape index (κ1) is 14.9. The van der Waals surface area contributed by atoms with Crippen molar-refractivity contribution in [3.63, 3.8) is 0 Å². The molecule has 0 atom stereocenters. The Kier molecular flexibility index (Phi) is 3.88. The van der Waals surface area contributed by atoms with E-state index in [-0.39, 0.29) is 11.3 Å². The van der Waals surface area contributed by atoms with Crippen molar-refractivity contribution in [2.24, 2.45) is 0 Å². The van der Waals surface area contributed by atoms with Gasteiger partial charge in [-0.3, -0.25) is 4.79 Å². The van der Waals surface area contributed by atoms with Gasteiger partial charge in [0.2, 0.25) is 0 Å². The quantitative estimate of drug-likeness (QED) is 0.861. The Morgan fingerprint density at radius 3 is 2.24 bits per heavy atom. The van der Waals surface area contributed by atoms with Gasteiger partial charge in [-0.25, -0.2) is 0 Å². The maximum Gasteiger partial charge on any atom is 0.416 e. The topological polar surface area (TPSA) is 46.3 Å². The van der Waals surface area contributed by atoms with Gasteiger partial charge in [0.15, 0.2) is 0 Å². The minimum atomic E-state index is -4.49. The molecule has 0 spiro atoms. The summed E-state index contributed by atoms with van der Waals surface area (Å²) in [6, 6.07) is 11.5. The average Bonchev–Trinajstić information content (AvgIpc) is 2.45. The Hall–Kier alpha value is -2.50. The number of hydrogen-bond acceptors (Lipinski definition) is 2. The number of hydrogen-bond donors (Lipinski definition) is 1. The molecule has 0 aliphatic heterocycles. The van der Waals surface area contributed by atoms with Crippen LogP contribution in [0.1, 0.15) is 15.9 Å². The summed E-state index contributed by atoms with van der Waals surface area (Å²) < 4.78 is 37.7. The number of anilines is 2. The third-order valence-corrected chi connectivity index (χ3v) is 3.06. The number of halogens is 3. The van der Waals surface area contributed by atoms with Crippen molar-refractivity contribution in [2.75, 3.05) is 17.7 Å². The smallest absolute Gasteiger partial charge is 0.398 e. The van der Waals surface area contributed by atoms with Gasteiger partial charge in [0.05, 0.1) is 11.1 Å². The largest absolute Gasteiger partial charge is 0.416 e. The van der Waals surface area contributed by atoms with Crippen LogP contribution >= 0.6 is 0 Å². The molecule has 2 rings (SSSR count). The summed E-state index contributed by atoms with van der Waals surface area (Å²) in [6.07, 6.45) is -4.49. The number of nitrogen functional groups attached to an aromatic ring is 1. The van der Waals surface area contributed by atoms with Gasteiger partial charge in [-0.05, 0) is 30.3 Å². The van der Waals surface area contributed by atoms with Crippen LogP contribution in [-0.2, 0) is 6.18 Å². The summed E-state index contributed by atoms with van der Waals surface area (Å²) in [5, 5.41) is 0. The zero-order valence-corrected chi connectivity index (χ0v) is 11.2. The minimum Gasteiger partial charge on any atom is -0.398 e. The van der Waals surface area contributed by atoms with E-state index in [0.29, 0.717) is 5.69 Å². The van der Waals surface area contributed by atoms with Gasteiger partial charge >= 0.3 is 6.18 Å². The molecule has 1 amide bonds. The number of nitrogens with zero attached hydrogens (tertiary/aromatic N) is 1. The lowest BCUT2D eigenvalue weighted by Crippen LogP contribution is -2.27. The highest BCUT2D eigenvalue weighted by Crippen LogP contribution is 2.31. The summed E-state index contributed by atoms with van der Waals surface area (Å²) in [7, 11) is 1.54. The molecule has 0 unspecified atom stereocenters. The van der Waals surface area contributed by atoms with Crippen LogP contribution in [0.4, 0.5) is 24.5 Å². The first-order valence-electron chi connectivity index (χ1n) is 6.10. The summed E-state index contributed by atoms with van der Waals surface area (Å²) in [5.74, 6) is -0.465. The maximum atomic E-state index is 12.6. The van der Waals surface area contributed by atoms with E-state index in [2.05, 4.69) is 0 Å². The van der Waals surface area contributed by atoms with Crippen molar-refractivity contribution in [2.45, 2.75) is 6.18 Å². The Bertz CT molecular complexity index is 654. The normalized spacial score (nSPS) is 11.2. The minimum absolute atomic E-state index is 0.0364. The first-order valence-corrected chi connectivity index (χ1v) is 6.10. The standard InChI is InChI=1S/C15H13F3N2O/c1-20(11-5-3-2-4-6-11)14(21)12-8-7-10(9-13(12)19)15(16,17)18/h2-9H,19H2,1H3. The molecule has 0 aromatic heterocycles. The molecule has 0 radical (unpaired) electrons. The molecule has 21 heavy (non-hydrogen) atoms. The van der Waals surface area contributed by atoms with Gasteiger partial charge in [-0.2, -0.15) is 13.2 Å². The van der Waals surface area contributed by atoms with E-state index in [1.807, 2.05) is 0 Å². The second-order valence-corrected chi connectivity index (χ2v) is 4.50. The van der Waals surface area contributed by atoms with Crippen molar-refractivity contribution in [1.29, 1.82) is 0 Å². The number of benzene rings is 2. The third kappa shape index (κ3) is 3.16. The van der Waals surface area contributed by atoms with E-state index in [1.54, 1.807) is 30.3 Å². The fourth-order valence-corrected chi connectivity index (χ4v) is 1.88. The molecule has 0 heterocycles. The molecule has 2 aromatic rings. The lowest BCUT2D eigenvalue weighted by Gasteiger charge is -2.19. The summed E-state index contributed by atoms with van der Waals surface area (Å²) in [5.41, 5.74) is 5.18. The fraction of sp³-hybridized carbons (Fsp3) is 0.133. The Balaban J connectivity index is 2.32. The molecule has 0 bridgehead atoms. The van der Waals surface area contributed by atoms with Gasteiger partial charge in [0.25, 0.3) is 5.91 Å². The van der Waals surface area contributed by atoms with Gasteiger partial charge in [0, 0.05) is 18.4 Å². The van der Waals surface area contributed by atoms with E-state index in [4.69, 9.17) is 5.73 Å². The molecule has 0 saturated heterocycles. The van der Waals surface area contributed by atoms with Crippen molar-refractivity contribution in [3.05, 3.63) is 59.7 Å². The SMILES string of the molecule is CN(C(=O)c1ccc(C(F)(F)F)cc1N)c1ccccc1. The molecule has 6 heteroatoms. The molecular formula is C15H13F3N2O. The van der Waals surface area contributed by atoms with Crippen LogP contribution in [-0.4, -0.2) is 13.0 Å². The molecule has 110 valence electrons. The monoisotopic (exact) mass is 294 g/mol. The summed E-state index contributed by atoms with van der Waals surface area (Å²) >= 11 is 0. The molecular weight excluding hydrogens is 281 g/mol. The fourth-order valence-electron chi connectivity index (χ4n) is 1.88. The molecule has 0 saturated carbocycles. The van der Waals surface area contributed by atoms with Crippen LogP contribution < -0.4 is 10.6 Å². The number of rotatable bonds is 2. The first-order chi connectivity index (χ1) is 9.80. The molecule has 0 aliphatic rings. The third-order valence-electron chi connectivity index (χ3n) is 3.06. The highest BCUT2D eigenvalue weighted by Gasteiger charge is 2.31. The molecule has 2 N–H and O–H groups in total. The average molecular weight is 294 g/mol. The van der Waals surface area contributed by atoms with Gasteiger partial charge in [0.1, 0.15) is 0 Å². The molecule has 0 aliphatic carbocycles. The number of carbonyl (C=O) groups is 1. The summed E-state index contributed by atoms with van der Waals surface area (Å²) in [6.45, 7) is 0. The number of nitrogens with two attached hydrogens (primary N) is 1. The van der Waals surface area contributed by atoms with E-state index in [9.17, 15) is 18.0 Å². The highest BCUT2D eigenvalue weighted by molar-refractivity contribution is 6.09. The predicted octanol–water partition coefficient (Wildman–Crippen LogP) is 3.56. The number of para-hydroxylation sites is 1. The molecule has 0 fully saturated rings. The van der Waals surface area contributed by atoms with E-state index >= 15 is 0 Å². The van der Waals surface area contributed by atoms with Gasteiger partial charge in [-0.1, -0.05) is 18.2 Å². The van der Waals surface area contributed by atoms with Crippen LogP contribution in [0.2, 0.25) is 0 Å².